The van der Waals surface area contributed by atoms with E-state index < -0.39 is 0 Å². The molecule has 0 saturated carbocycles. The second kappa shape index (κ2) is 15.9. The van der Waals surface area contributed by atoms with Gasteiger partial charge in [0.15, 0.2) is 0 Å². The first kappa shape index (κ1) is 18.8. The molecule has 0 amide bonds. The van der Waals surface area contributed by atoms with Crippen molar-refractivity contribution in [3.05, 3.63) is 0 Å². The third-order valence-electron chi connectivity index (χ3n) is 2.61. The van der Waals surface area contributed by atoms with Crippen molar-refractivity contribution >= 4 is 0 Å². The Balaban J connectivity index is 3.20. The van der Waals surface area contributed by atoms with Crippen molar-refractivity contribution in [3.63, 3.8) is 0 Å². The highest BCUT2D eigenvalue weighted by molar-refractivity contribution is 4.55. The maximum atomic E-state index is 8.50. The molecule has 0 spiro atoms. The third kappa shape index (κ3) is 14.0. The average molecular weight is 277 g/mol. The Morgan fingerprint density at radius 1 is 0.684 bits per heavy atom. The molecule has 0 radical (unpaired) electrons. The Morgan fingerprint density at radius 3 is 1.63 bits per heavy atom. The molecule has 0 saturated heterocycles. The first-order valence-electron chi connectivity index (χ1n) is 7.41. The first-order valence-corrected chi connectivity index (χ1v) is 7.41. The zero-order valence-electron chi connectivity index (χ0n) is 12.6. The van der Waals surface area contributed by atoms with E-state index in [2.05, 4.69) is 18.7 Å². The summed E-state index contributed by atoms with van der Waals surface area (Å²) in [5.41, 5.74) is 0. The Bertz CT molecular complexity index is 164. The van der Waals surface area contributed by atoms with Gasteiger partial charge in [-0.05, 0) is 25.9 Å². The van der Waals surface area contributed by atoms with Crippen LogP contribution in [0, 0.1) is 0 Å². The molecule has 0 aromatic rings. The molecule has 0 heterocycles. The maximum absolute atomic E-state index is 8.50. The number of nitrogens with zero attached hydrogens (tertiary/aromatic N) is 1. The van der Waals surface area contributed by atoms with Crippen LogP contribution in [0.3, 0.4) is 0 Å². The maximum Gasteiger partial charge on any atom is 0.0701 e. The van der Waals surface area contributed by atoms with Gasteiger partial charge in [-0.1, -0.05) is 13.8 Å². The van der Waals surface area contributed by atoms with Crippen LogP contribution in [0.1, 0.15) is 26.7 Å². The summed E-state index contributed by atoms with van der Waals surface area (Å²) in [7, 11) is 0. The molecular formula is C14H31NO4. The second-order valence-electron chi connectivity index (χ2n) is 4.40. The molecule has 0 atom stereocenters. The smallest absolute Gasteiger partial charge is 0.0701 e. The van der Waals surface area contributed by atoms with Crippen LogP contribution in [0.15, 0.2) is 0 Å². The summed E-state index contributed by atoms with van der Waals surface area (Å²) in [6, 6.07) is 0. The molecule has 0 rings (SSSR count). The first-order chi connectivity index (χ1) is 9.35. The van der Waals surface area contributed by atoms with E-state index in [1.54, 1.807) is 0 Å². The lowest BCUT2D eigenvalue weighted by Gasteiger charge is -2.20. The van der Waals surface area contributed by atoms with Crippen molar-refractivity contribution < 1.29 is 19.3 Å². The molecule has 0 aliphatic heterocycles. The SMILES string of the molecule is CCCN(CCC)CCOCCOCCOCCO. The van der Waals surface area contributed by atoms with E-state index in [0.29, 0.717) is 33.0 Å². The Hall–Kier alpha value is -0.200. The minimum absolute atomic E-state index is 0.0646. The summed E-state index contributed by atoms with van der Waals surface area (Å²) in [4.78, 5) is 2.43. The van der Waals surface area contributed by atoms with Gasteiger partial charge in [-0.3, -0.25) is 0 Å². The van der Waals surface area contributed by atoms with Gasteiger partial charge in [-0.2, -0.15) is 0 Å². The van der Waals surface area contributed by atoms with Crippen molar-refractivity contribution in [3.8, 4) is 0 Å². The lowest BCUT2D eigenvalue weighted by molar-refractivity contribution is 0.00461. The van der Waals surface area contributed by atoms with E-state index in [-0.39, 0.29) is 6.61 Å². The fourth-order valence-corrected chi connectivity index (χ4v) is 1.77. The Morgan fingerprint density at radius 2 is 1.16 bits per heavy atom. The van der Waals surface area contributed by atoms with Crippen molar-refractivity contribution in [2.45, 2.75) is 26.7 Å². The summed E-state index contributed by atoms with van der Waals surface area (Å²) in [6.07, 6.45) is 2.38. The number of rotatable bonds is 15. The van der Waals surface area contributed by atoms with Crippen LogP contribution in [0.4, 0.5) is 0 Å². The van der Waals surface area contributed by atoms with Gasteiger partial charge in [0, 0.05) is 6.54 Å². The normalized spacial score (nSPS) is 11.4. The summed E-state index contributed by atoms with van der Waals surface area (Å²) >= 11 is 0. The molecule has 0 bridgehead atoms. The molecule has 0 aromatic heterocycles. The van der Waals surface area contributed by atoms with Crippen LogP contribution in [0.25, 0.3) is 0 Å². The van der Waals surface area contributed by atoms with Gasteiger partial charge in [0.05, 0.1) is 46.2 Å². The summed E-state index contributed by atoms with van der Waals surface area (Å²) in [5, 5.41) is 8.50. The Labute approximate surface area is 117 Å². The van der Waals surface area contributed by atoms with Gasteiger partial charge in [-0.25, -0.2) is 0 Å². The van der Waals surface area contributed by atoms with Crippen LogP contribution in [0.2, 0.25) is 0 Å². The Kier molecular flexibility index (Phi) is 15.7. The monoisotopic (exact) mass is 277 g/mol. The summed E-state index contributed by atoms with van der Waals surface area (Å²) < 4.78 is 15.9. The van der Waals surface area contributed by atoms with Gasteiger partial charge in [0.2, 0.25) is 0 Å². The van der Waals surface area contributed by atoms with Gasteiger partial charge in [0.1, 0.15) is 0 Å². The van der Waals surface area contributed by atoms with E-state index >= 15 is 0 Å². The van der Waals surface area contributed by atoms with Gasteiger partial charge < -0.3 is 24.2 Å². The second-order valence-corrected chi connectivity index (χ2v) is 4.40. The fourth-order valence-electron chi connectivity index (χ4n) is 1.77. The molecule has 0 aliphatic rings. The lowest BCUT2D eigenvalue weighted by atomic mass is 10.3. The molecule has 5 heteroatoms. The third-order valence-corrected chi connectivity index (χ3v) is 2.61. The van der Waals surface area contributed by atoms with E-state index in [4.69, 9.17) is 19.3 Å². The van der Waals surface area contributed by atoms with Gasteiger partial charge >= 0.3 is 0 Å². The number of hydrogen-bond acceptors (Lipinski definition) is 5. The number of aliphatic hydroxyl groups is 1. The minimum Gasteiger partial charge on any atom is -0.394 e. The van der Waals surface area contributed by atoms with Crippen molar-refractivity contribution in [1.29, 1.82) is 0 Å². The minimum atomic E-state index is 0.0646. The predicted molar refractivity (Wildman–Crippen MR) is 76.6 cm³/mol. The predicted octanol–water partition coefficient (Wildman–Crippen LogP) is 1.15. The largest absolute Gasteiger partial charge is 0.394 e. The number of hydrogen-bond donors (Lipinski definition) is 1. The topological polar surface area (TPSA) is 51.2 Å². The van der Waals surface area contributed by atoms with Crippen molar-refractivity contribution in [1.82, 2.24) is 4.90 Å². The van der Waals surface area contributed by atoms with Crippen LogP contribution in [0.5, 0.6) is 0 Å². The molecular weight excluding hydrogens is 246 g/mol. The highest BCUT2D eigenvalue weighted by atomic mass is 16.5. The number of ether oxygens (including phenoxy) is 3. The van der Waals surface area contributed by atoms with E-state index in [9.17, 15) is 0 Å². The fraction of sp³-hybridized carbons (Fsp3) is 1.00. The molecule has 5 nitrogen and oxygen atoms in total. The lowest BCUT2D eigenvalue weighted by Crippen LogP contribution is -2.29. The van der Waals surface area contributed by atoms with Crippen LogP contribution < -0.4 is 0 Å². The molecule has 116 valence electrons. The zero-order chi connectivity index (χ0) is 14.2. The molecule has 0 fully saturated rings. The highest BCUT2D eigenvalue weighted by Crippen LogP contribution is 1.94. The quantitative estimate of drug-likeness (QED) is 0.455. The van der Waals surface area contributed by atoms with Crippen molar-refractivity contribution in [2.24, 2.45) is 0 Å². The van der Waals surface area contributed by atoms with Crippen LogP contribution >= 0.6 is 0 Å². The molecule has 1 N–H and O–H groups in total. The highest BCUT2D eigenvalue weighted by Gasteiger charge is 2.01. The molecule has 0 aliphatic carbocycles. The molecule has 0 unspecified atom stereocenters. The standard InChI is InChI=1S/C14H31NO4/c1-3-5-15(6-4-2)7-9-17-11-13-19-14-12-18-10-8-16/h16H,3-14H2,1-2H3. The summed E-state index contributed by atoms with van der Waals surface area (Å²) in [5.74, 6) is 0. The summed E-state index contributed by atoms with van der Waals surface area (Å²) in [6.45, 7) is 11.2. The zero-order valence-corrected chi connectivity index (χ0v) is 12.6. The van der Waals surface area contributed by atoms with Gasteiger partial charge in [0.25, 0.3) is 0 Å². The molecule has 19 heavy (non-hydrogen) atoms. The molecule has 0 aromatic carbocycles. The van der Waals surface area contributed by atoms with Crippen LogP contribution in [-0.4, -0.2) is 75.9 Å². The van der Waals surface area contributed by atoms with Crippen LogP contribution in [-0.2, 0) is 14.2 Å². The van der Waals surface area contributed by atoms with E-state index in [0.717, 1.165) is 26.2 Å². The van der Waals surface area contributed by atoms with E-state index in [1.165, 1.54) is 12.8 Å². The van der Waals surface area contributed by atoms with E-state index in [1.807, 2.05) is 0 Å². The number of aliphatic hydroxyl groups excluding tert-OH is 1. The van der Waals surface area contributed by atoms with Gasteiger partial charge in [-0.15, -0.1) is 0 Å². The average Bonchev–Trinajstić information content (AvgIpc) is 2.41. The van der Waals surface area contributed by atoms with Crippen molar-refractivity contribution in [2.75, 3.05) is 65.9 Å².